The number of hydrogen-bond donors (Lipinski definition) is 2. The zero-order valence-corrected chi connectivity index (χ0v) is 13.4. The van der Waals surface area contributed by atoms with Crippen molar-refractivity contribution in [1.82, 2.24) is 5.32 Å². The Labute approximate surface area is 133 Å². The van der Waals surface area contributed by atoms with Crippen molar-refractivity contribution in [3.63, 3.8) is 0 Å². The molecule has 0 spiro atoms. The van der Waals surface area contributed by atoms with Crippen LogP contribution in [0.15, 0.2) is 53.0 Å². The van der Waals surface area contributed by atoms with Crippen molar-refractivity contribution < 1.29 is 9.90 Å². The van der Waals surface area contributed by atoms with Crippen LogP contribution in [0.4, 0.5) is 0 Å². The first-order valence-corrected chi connectivity index (χ1v) is 7.60. The minimum Gasteiger partial charge on any atom is -0.394 e. The second kappa shape index (κ2) is 7.38. The van der Waals surface area contributed by atoms with E-state index in [0.717, 1.165) is 15.6 Å². The van der Waals surface area contributed by atoms with Gasteiger partial charge in [0.1, 0.15) is 0 Å². The molecule has 0 radical (unpaired) electrons. The molecule has 0 fully saturated rings. The maximum atomic E-state index is 12.3. The molecule has 2 aromatic rings. The third-order valence-corrected chi connectivity index (χ3v) is 3.64. The van der Waals surface area contributed by atoms with Crippen LogP contribution in [0.2, 0.25) is 0 Å². The van der Waals surface area contributed by atoms with Crippen molar-refractivity contribution in [3.8, 4) is 0 Å². The van der Waals surface area contributed by atoms with Crippen LogP contribution in [0.3, 0.4) is 0 Å². The first-order chi connectivity index (χ1) is 10.1. The number of hydrogen-bond acceptors (Lipinski definition) is 2. The Morgan fingerprint density at radius 2 is 1.95 bits per heavy atom. The van der Waals surface area contributed by atoms with Crippen LogP contribution in [0, 0.1) is 6.92 Å². The van der Waals surface area contributed by atoms with E-state index in [1.807, 2.05) is 49.4 Å². The summed E-state index contributed by atoms with van der Waals surface area (Å²) in [5.41, 5.74) is 2.69. The Morgan fingerprint density at radius 1 is 1.24 bits per heavy atom. The first-order valence-electron chi connectivity index (χ1n) is 6.81. The van der Waals surface area contributed by atoms with Gasteiger partial charge in [-0.25, -0.2) is 0 Å². The van der Waals surface area contributed by atoms with Gasteiger partial charge in [0.05, 0.1) is 12.6 Å². The third kappa shape index (κ3) is 4.69. The van der Waals surface area contributed by atoms with E-state index in [2.05, 4.69) is 21.2 Å². The highest BCUT2D eigenvalue weighted by Gasteiger charge is 2.14. The summed E-state index contributed by atoms with van der Waals surface area (Å²) in [5.74, 6) is -0.172. The number of aryl methyl sites for hydroxylation is 1. The molecule has 3 nitrogen and oxygen atoms in total. The molecule has 0 bridgehead atoms. The van der Waals surface area contributed by atoms with E-state index >= 15 is 0 Å². The number of carbonyl (C=O) groups excluding carboxylic acids is 1. The van der Waals surface area contributed by atoms with Crippen molar-refractivity contribution >= 4 is 21.8 Å². The van der Waals surface area contributed by atoms with Gasteiger partial charge < -0.3 is 10.4 Å². The van der Waals surface area contributed by atoms with Crippen LogP contribution in [-0.4, -0.2) is 23.7 Å². The molecular weight excluding hydrogens is 330 g/mol. The van der Waals surface area contributed by atoms with Gasteiger partial charge in [-0.3, -0.25) is 4.79 Å². The second-order valence-corrected chi connectivity index (χ2v) is 5.98. The summed E-state index contributed by atoms with van der Waals surface area (Å²) < 4.78 is 0.872. The van der Waals surface area contributed by atoms with Gasteiger partial charge in [0.25, 0.3) is 5.91 Å². The van der Waals surface area contributed by atoms with Crippen molar-refractivity contribution in [2.24, 2.45) is 0 Å². The van der Waals surface area contributed by atoms with E-state index in [-0.39, 0.29) is 18.6 Å². The fourth-order valence-corrected chi connectivity index (χ4v) is 2.80. The second-order valence-electron chi connectivity index (χ2n) is 5.06. The average molecular weight is 348 g/mol. The van der Waals surface area contributed by atoms with E-state index in [1.165, 1.54) is 0 Å². The van der Waals surface area contributed by atoms with Crippen molar-refractivity contribution in [1.29, 1.82) is 0 Å². The van der Waals surface area contributed by atoms with Gasteiger partial charge in [0.2, 0.25) is 0 Å². The van der Waals surface area contributed by atoms with Gasteiger partial charge in [-0.2, -0.15) is 0 Å². The van der Waals surface area contributed by atoms with Gasteiger partial charge in [0.15, 0.2) is 0 Å². The molecule has 0 saturated heterocycles. The van der Waals surface area contributed by atoms with Gasteiger partial charge >= 0.3 is 0 Å². The summed E-state index contributed by atoms with van der Waals surface area (Å²) in [6, 6.07) is 15.1. The summed E-state index contributed by atoms with van der Waals surface area (Å²) in [4.78, 5) is 12.3. The summed E-state index contributed by atoms with van der Waals surface area (Å²) in [5, 5.41) is 12.3. The topological polar surface area (TPSA) is 49.3 Å². The van der Waals surface area contributed by atoms with Crippen LogP contribution in [-0.2, 0) is 6.42 Å². The zero-order chi connectivity index (χ0) is 15.2. The summed E-state index contributed by atoms with van der Waals surface area (Å²) in [6.07, 6.45) is 0.607. The number of amides is 1. The van der Waals surface area contributed by atoms with Gasteiger partial charge in [-0.1, -0.05) is 46.3 Å². The largest absolute Gasteiger partial charge is 0.394 e. The number of halogens is 1. The fourth-order valence-electron chi connectivity index (χ4n) is 2.20. The minimum absolute atomic E-state index is 0.0897. The quantitative estimate of drug-likeness (QED) is 0.872. The normalized spacial score (nSPS) is 12.0. The Morgan fingerprint density at radius 3 is 2.57 bits per heavy atom. The lowest BCUT2D eigenvalue weighted by Crippen LogP contribution is -2.39. The molecule has 110 valence electrons. The van der Waals surface area contributed by atoms with Crippen LogP contribution < -0.4 is 5.32 Å². The van der Waals surface area contributed by atoms with E-state index < -0.39 is 0 Å². The molecule has 0 aromatic heterocycles. The van der Waals surface area contributed by atoms with E-state index in [4.69, 9.17) is 0 Å². The molecule has 1 unspecified atom stereocenters. The average Bonchev–Trinajstić information content (AvgIpc) is 2.46. The first kappa shape index (κ1) is 15.7. The SMILES string of the molecule is Cc1cc(Br)cc(C(=O)NC(CO)Cc2ccccc2)c1. The number of aliphatic hydroxyl groups excluding tert-OH is 1. The highest BCUT2D eigenvalue weighted by molar-refractivity contribution is 9.10. The van der Waals surface area contributed by atoms with E-state index in [9.17, 15) is 9.90 Å². The molecule has 1 atom stereocenters. The highest BCUT2D eigenvalue weighted by atomic mass is 79.9. The summed E-state index contributed by atoms with van der Waals surface area (Å²) in [7, 11) is 0. The molecule has 0 aliphatic rings. The lowest BCUT2D eigenvalue weighted by molar-refractivity contribution is 0.0916. The lowest BCUT2D eigenvalue weighted by Gasteiger charge is -2.17. The predicted molar refractivity (Wildman–Crippen MR) is 87.4 cm³/mol. The smallest absolute Gasteiger partial charge is 0.251 e. The molecule has 0 saturated carbocycles. The molecule has 0 heterocycles. The van der Waals surface area contributed by atoms with E-state index in [1.54, 1.807) is 6.07 Å². The molecular formula is C17H18BrNO2. The monoisotopic (exact) mass is 347 g/mol. The van der Waals surface area contributed by atoms with Gasteiger partial charge in [0, 0.05) is 10.0 Å². The van der Waals surface area contributed by atoms with Crippen LogP contribution >= 0.6 is 15.9 Å². The third-order valence-electron chi connectivity index (χ3n) is 3.18. The Bertz CT molecular complexity index is 593. The molecule has 2 rings (SSSR count). The van der Waals surface area contributed by atoms with Crippen LogP contribution in [0.25, 0.3) is 0 Å². The van der Waals surface area contributed by atoms with Crippen LogP contribution in [0.5, 0.6) is 0 Å². The maximum Gasteiger partial charge on any atom is 0.251 e. The fraction of sp³-hybridized carbons (Fsp3) is 0.235. The van der Waals surface area contributed by atoms with Crippen molar-refractivity contribution in [2.75, 3.05) is 6.61 Å². The Balaban J connectivity index is 2.05. The van der Waals surface area contributed by atoms with Crippen molar-refractivity contribution in [3.05, 3.63) is 69.7 Å². The number of nitrogens with one attached hydrogen (secondary N) is 1. The lowest BCUT2D eigenvalue weighted by atomic mass is 10.1. The predicted octanol–water partition coefficient (Wildman–Crippen LogP) is 3.09. The molecule has 1 amide bonds. The standard InChI is InChI=1S/C17H18BrNO2/c1-12-7-14(10-15(18)8-12)17(21)19-16(11-20)9-13-5-3-2-4-6-13/h2-8,10,16,20H,9,11H2,1H3,(H,19,21). The summed E-state index contributed by atoms with van der Waals surface area (Å²) in [6.45, 7) is 1.85. The molecule has 0 aliphatic carbocycles. The van der Waals surface area contributed by atoms with Gasteiger partial charge in [-0.15, -0.1) is 0 Å². The van der Waals surface area contributed by atoms with Crippen molar-refractivity contribution in [2.45, 2.75) is 19.4 Å². The summed E-state index contributed by atoms with van der Waals surface area (Å²) >= 11 is 3.39. The molecule has 2 N–H and O–H groups in total. The molecule has 4 heteroatoms. The zero-order valence-electron chi connectivity index (χ0n) is 11.8. The molecule has 21 heavy (non-hydrogen) atoms. The molecule has 2 aromatic carbocycles. The molecule has 0 aliphatic heterocycles. The Kier molecular flexibility index (Phi) is 5.53. The number of aliphatic hydroxyl groups is 1. The number of benzene rings is 2. The maximum absolute atomic E-state index is 12.3. The van der Waals surface area contributed by atoms with Gasteiger partial charge in [-0.05, 0) is 42.7 Å². The highest BCUT2D eigenvalue weighted by Crippen LogP contribution is 2.15. The number of carbonyl (C=O) groups is 1. The minimum atomic E-state index is -0.292. The van der Waals surface area contributed by atoms with Crippen LogP contribution in [0.1, 0.15) is 21.5 Å². The Hall–Kier alpha value is -1.65. The number of rotatable bonds is 5. The van der Waals surface area contributed by atoms with E-state index in [0.29, 0.717) is 12.0 Å².